The van der Waals surface area contributed by atoms with E-state index < -0.39 is 0 Å². The molecule has 0 fully saturated rings. The second kappa shape index (κ2) is 9.01. The number of amides is 1. The Kier molecular flexibility index (Phi) is 5.77. The topological polar surface area (TPSA) is 88.4 Å². The molecule has 5 aromatic rings. The lowest BCUT2D eigenvalue weighted by Crippen LogP contribution is -2.23. The summed E-state index contributed by atoms with van der Waals surface area (Å²) in [5.74, 6) is -0.247. The number of carbonyl (C=O) groups is 1. The Hall–Kier alpha value is -3.75. The maximum absolute atomic E-state index is 12.9. The van der Waals surface area contributed by atoms with E-state index in [1.165, 1.54) is 15.9 Å². The first kappa shape index (κ1) is 21.1. The third kappa shape index (κ3) is 4.57. The molecule has 2 aromatic heterocycles. The van der Waals surface area contributed by atoms with Gasteiger partial charge in [-0.15, -0.1) is 5.10 Å². The highest BCUT2D eigenvalue weighted by Crippen LogP contribution is 2.20. The number of benzene rings is 3. The molecule has 7 nitrogen and oxygen atoms in total. The lowest BCUT2D eigenvalue weighted by molar-refractivity contribution is 0.0951. The monoisotopic (exact) mass is 475 g/mol. The summed E-state index contributed by atoms with van der Waals surface area (Å²) in [5, 5.41) is 12.1. The van der Waals surface area contributed by atoms with Crippen LogP contribution in [-0.2, 0) is 13.1 Å². The van der Waals surface area contributed by atoms with Gasteiger partial charge in [-0.1, -0.05) is 65.4 Å². The third-order valence-electron chi connectivity index (χ3n) is 5.11. The summed E-state index contributed by atoms with van der Waals surface area (Å²) in [5.41, 5.74) is 2.66. The number of halogens is 1. The molecule has 0 saturated heterocycles. The lowest BCUT2D eigenvalue weighted by atomic mass is 10.1. The van der Waals surface area contributed by atoms with Crippen molar-refractivity contribution in [2.45, 2.75) is 13.1 Å². The normalized spacial score (nSPS) is 11.1. The molecule has 0 atom stereocenters. The van der Waals surface area contributed by atoms with Crippen LogP contribution in [-0.4, -0.2) is 20.5 Å². The summed E-state index contributed by atoms with van der Waals surface area (Å²) in [6.07, 6.45) is 0. The maximum atomic E-state index is 12.9. The Bertz CT molecular complexity index is 1510. The minimum Gasteiger partial charge on any atom is -0.356 e. The molecule has 164 valence electrons. The molecule has 0 aliphatic carbocycles. The number of nitrogens with one attached hydrogen (secondary N) is 2. The Morgan fingerprint density at radius 1 is 0.970 bits per heavy atom. The molecule has 0 aliphatic rings. The number of aromatic nitrogens is 3. The summed E-state index contributed by atoms with van der Waals surface area (Å²) in [6.45, 7) is 0.960. The first-order valence-corrected chi connectivity index (χ1v) is 11.4. The zero-order valence-corrected chi connectivity index (χ0v) is 18.9. The van der Waals surface area contributed by atoms with Crippen molar-refractivity contribution in [2.75, 3.05) is 5.32 Å². The van der Waals surface area contributed by atoms with Crippen LogP contribution in [0.3, 0.4) is 0 Å². The van der Waals surface area contributed by atoms with Crippen molar-refractivity contribution in [3.05, 3.63) is 105 Å². The lowest BCUT2D eigenvalue weighted by Gasteiger charge is -2.06. The quantitative estimate of drug-likeness (QED) is 0.377. The van der Waals surface area contributed by atoms with Crippen LogP contribution < -0.4 is 16.2 Å². The second-order valence-corrected chi connectivity index (χ2v) is 8.79. The highest BCUT2D eigenvalue weighted by atomic mass is 35.5. The highest BCUT2D eigenvalue weighted by Gasteiger charge is 2.13. The van der Waals surface area contributed by atoms with Crippen molar-refractivity contribution >= 4 is 49.8 Å². The van der Waals surface area contributed by atoms with Crippen LogP contribution in [0.1, 0.15) is 21.5 Å². The van der Waals surface area contributed by atoms with E-state index in [0.29, 0.717) is 44.7 Å². The van der Waals surface area contributed by atoms with Gasteiger partial charge in [-0.2, -0.15) is 4.52 Å². The molecule has 2 heterocycles. The van der Waals surface area contributed by atoms with Gasteiger partial charge in [0.2, 0.25) is 10.1 Å². The van der Waals surface area contributed by atoms with E-state index in [2.05, 4.69) is 20.7 Å². The fourth-order valence-corrected chi connectivity index (χ4v) is 4.30. The van der Waals surface area contributed by atoms with E-state index in [-0.39, 0.29) is 11.5 Å². The van der Waals surface area contributed by atoms with Crippen molar-refractivity contribution < 1.29 is 4.79 Å². The number of fused-ring (bicyclic) bond motifs is 2. The fraction of sp³-hybridized carbons (Fsp3) is 0.0833. The SMILES string of the molecule is O=C(NCc1ccc(Cl)cc1)c1ccc2c(=O)n3nc(NCc4ccccc4)sc3nc2c1. The van der Waals surface area contributed by atoms with Gasteiger partial charge in [-0.25, -0.2) is 4.98 Å². The van der Waals surface area contributed by atoms with E-state index in [4.69, 9.17) is 11.6 Å². The Labute approximate surface area is 197 Å². The third-order valence-corrected chi connectivity index (χ3v) is 6.23. The van der Waals surface area contributed by atoms with Crippen LogP contribution in [0, 0.1) is 0 Å². The maximum Gasteiger partial charge on any atom is 0.283 e. The van der Waals surface area contributed by atoms with Crippen LogP contribution in [0.25, 0.3) is 15.9 Å². The van der Waals surface area contributed by atoms with Crippen molar-refractivity contribution in [3.63, 3.8) is 0 Å². The molecule has 5 rings (SSSR count). The molecule has 0 unspecified atom stereocenters. The average Bonchev–Trinajstić information content (AvgIpc) is 3.26. The number of nitrogens with zero attached hydrogens (tertiary/aromatic N) is 3. The number of hydrogen-bond donors (Lipinski definition) is 2. The number of anilines is 1. The standard InChI is InChI=1S/C24H18ClN5O2S/c25-18-9-6-16(7-10-18)13-26-21(31)17-8-11-19-20(12-17)28-24-30(22(19)32)29-23(33-24)27-14-15-4-2-1-3-5-15/h1-12H,13-14H2,(H,26,31)(H,27,29). The number of hydrogen-bond acceptors (Lipinski definition) is 6. The second-order valence-electron chi connectivity index (χ2n) is 7.40. The largest absolute Gasteiger partial charge is 0.356 e. The minimum absolute atomic E-state index is 0.247. The van der Waals surface area contributed by atoms with Crippen molar-refractivity contribution in [2.24, 2.45) is 0 Å². The molecule has 33 heavy (non-hydrogen) atoms. The van der Waals surface area contributed by atoms with Crippen LogP contribution in [0.5, 0.6) is 0 Å². The van der Waals surface area contributed by atoms with Crippen molar-refractivity contribution in [1.29, 1.82) is 0 Å². The zero-order valence-electron chi connectivity index (χ0n) is 17.3. The van der Waals surface area contributed by atoms with Gasteiger partial charge in [0.25, 0.3) is 11.5 Å². The Balaban J connectivity index is 1.37. The van der Waals surface area contributed by atoms with E-state index in [0.717, 1.165) is 11.1 Å². The van der Waals surface area contributed by atoms with Gasteiger partial charge in [0.1, 0.15) is 0 Å². The number of carbonyl (C=O) groups excluding carboxylic acids is 1. The van der Waals surface area contributed by atoms with Gasteiger partial charge < -0.3 is 10.6 Å². The molecule has 3 aromatic carbocycles. The Morgan fingerprint density at radius 3 is 2.52 bits per heavy atom. The molecule has 1 amide bonds. The highest BCUT2D eigenvalue weighted by molar-refractivity contribution is 7.20. The predicted molar refractivity (Wildman–Crippen MR) is 131 cm³/mol. The average molecular weight is 476 g/mol. The van der Waals surface area contributed by atoms with E-state index in [1.54, 1.807) is 30.3 Å². The summed E-state index contributed by atoms with van der Waals surface area (Å²) in [4.78, 5) is 30.6. The van der Waals surface area contributed by atoms with E-state index >= 15 is 0 Å². The molecule has 0 saturated carbocycles. The van der Waals surface area contributed by atoms with Gasteiger partial charge >= 0.3 is 0 Å². The van der Waals surface area contributed by atoms with Crippen LogP contribution in [0.2, 0.25) is 5.02 Å². The summed E-state index contributed by atoms with van der Waals surface area (Å²) in [7, 11) is 0. The van der Waals surface area contributed by atoms with E-state index in [9.17, 15) is 9.59 Å². The van der Waals surface area contributed by atoms with Gasteiger partial charge in [-0.3, -0.25) is 9.59 Å². The summed E-state index contributed by atoms with van der Waals surface area (Å²) in [6, 6.07) is 22.1. The molecule has 0 radical (unpaired) electrons. The molecule has 0 bridgehead atoms. The number of rotatable bonds is 6. The molecule has 0 spiro atoms. The van der Waals surface area contributed by atoms with E-state index in [1.807, 2.05) is 42.5 Å². The summed E-state index contributed by atoms with van der Waals surface area (Å²) >= 11 is 7.18. The molecular weight excluding hydrogens is 458 g/mol. The molecule has 2 N–H and O–H groups in total. The first-order valence-electron chi connectivity index (χ1n) is 10.2. The van der Waals surface area contributed by atoms with Gasteiger partial charge in [0.15, 0.2) is 0 Å². The fourth-order valence-electron chi connectivity index (χ4n) is 3.38. The van der Waals surface area contributed by atoms with Crippen LogP contribution >= 0.6 is 22.9 Å². The molecule has 0 aliphatic heterocycles. The first-order chi connectivity index (χ1) is 16.1. The van der Waals surface area contributed by atoms with Crippen molar-refractivity contribution in [1.82, 2.24) is 19.9 Å². The van der Waals surface area contributed by atoms with Gasteiger partial charge in [0, 0.05) is 23.7 Å². The van der Waals surface area contributed by atoms with Crippen LogP contribution in [0.15, 0.2) is 77.6 Å². The molecular formula is C24H18ClN5O2S. The zero-order chi connectivity index (χ0) is 22.8. The molecule has 9 heteroatoms. The van der Waals surface area contributed by atoms with Crippen molar-refractivity contribution in [3.8, 4) is 0 Å². The Morgan fingerprint density at radius 2 is 1.73 bits per heavy atom. The smallest absolute Gasteiger partial charge is 0.283 e. The van der Waals surface area contributed by atoms with Crippen LogP contribution in [0.4, 0.5) is 5.13 Å². The summed E-state index contributed by atoms with van der Waals surface area (Å²) < 4.78 is 1.29. The van der Waals surface area contributed by atoms with Gasteiger partial charge in [-0.05, 0) is 41.5 Å². The predicted octanol–water partition coefficient (Wildman–Crippen LogP) is 4.50. The minimum atomic E-state index is -0.271. The van der Waals surface area contributed by atoms with Gasteiger partial charge in [0.05, 0.1) is 10.9 Å².